The van der Waals surface area contributed by atoms with Gasteiger partial charge in [-0.15, -0.1) is 5.10 Å². The molecule has 1 atom stereocenters. The van der Waals surface area contributed by atoms with Gasteiger partial charge in [0.1, 0.15) is 5.69 Å². The molecular formula is C18H22N4O2. The zero-order valence-electron chi connectivity index (χ0n) is 13.9. The highest BCUT2D eigenvalue weighted by atomic mass is 16.3. The summed E-state index contributed by atoms with van der Waals surface area (Å²) in [4.78, 5) is 14.5. The van der Waals surface area contributed by atoms with Crippen molar-refractivity contribution in [1.29, 1.82) is 0 Å². The summed E-state index contributed by atoms with van der Waals surface area (Å²) in [5.41, 5.74) is 4.08. The standard InChI is InChI=1S/C18H22N4O2/c1-12(23)17-11-22(20-19-17)16-9-21(10-16)18(24)15-7-6-13-4-2-3-5-14(13)8-15/h6-8,11-12,16,23H,2-5,9-10H2,1H3/t12-/m0/s1. The lowest BCUT2D eigenvalue weighted by Crippen LogP contribution is -2.50. The first-order valence-electron chi connectivity index (χ1n) is 8.62. The molecule has 0 bridgehead atoms. The zero-order chi connectivity index (χ0) is 16.7. The quantitative estimate of drug-likeness (QED) is 0.935. The lowest BCUT2D eigenvalue weighted by Gasteiger charge is -2.39. The van der Waals surface area contributed by atoms with Crippen molar-refractivity contribution < 1.29 is 9.90 Å². The number of likely N-dealkylation sites (tertiary alicyclic amines) is 1. The average Bonchev–Trinajstić information content (AvgIpc) is 3.03. The van der Waals surface area contributed by atoms with E-state index in [-0.39, 0.29) is 11.9 Å². The summed E-state index contributed by atoms with van der Waals surface area (Å²) >= 11 is 0. The maximum absolute atomic E-state index is 12.6. The Morgan fingerprint density at radius 1 is 1.25 bits per heavy atom. The van der Waals surface area contributed by atoms with Gasteiger partial charge in [0.2, 0.25) is 0 Å². The second-order valence-corrected chi connectivity index (χ2v) is 6.85. The van der Waals surface area contributed by atoms with Gasteiger partial charge in [0.05, 0.1) is 18.3 Å². The van der Waals surface area contributed by atoms with Crippen molar-refractivity contribution in [3.63, 3.8) is 0 Å². The monoisotopic (exact) mass is 326 g/mol. The van der Waals surface area contributed by atoms with E-state index < -0.39 is 6.10 Å². The number of aromatic nitrogens is 3. The third kappa shape index (κ3) is 2.71. The van der Waals surface area contributed by atoms with Gasteiger partial charge in [-0.25, -0.2) is 4.68 Å². The smallest absolute Gasteiger partial charge is 0.254 e. The van der Waals surface area contributed by atoms with E-state index in [1.807, 2.05) is 11.0 Å². The first-order valence-corrected chi connectivity index (χ1v) is 8.62. The summed E-state index contributed by atoms with van der Waals surface area (Å²) < 4.78 is 1.75. The van der Waals surface area contributed by atoms with Crippen LogP contribution < -0.4 is 0 Å². The molecule has 1 aliphatic heterocycles. The SMILES string of the molecule is C[C@H](O)c1cn(C2CN(C(=O)c3ccc4c(c3)CCCC4)C2)nn1. The van der Waals surface area contributed by atoms with Gasteiger partial charge in [0, 0.05) is 18.7 Å². The van der Waals surface area contributed by atoms with Crippen molar-refractivity contribution in [2.45, 2.75) is 44.8 Å². The molecule has 1 amide bonds. The maximum Gasteiger partial charge on any atom is 0.254 e. The number of hydrogen-bond acceptors (Lipinski definition) is 4. The lowest BCUT2D eigenvalue weighted by molar-refractivity contribution is 0.0498. The van der Waals surface area contributed by atoms with E-state index >= 15 is 0 Å². The van der Waals surface area contributed by atoms with Crippen LogP contribution in [0, 0.1) is 0 Å². The number of amides is 1. The minimum Gasteiger partial charge on any atom is -0.387 e. The Balaban J connectivity index is 1.42. The molecule has 4 rings (SSSR count). The number of aryl methyl sites for hydroxylation is 2. The van der Waals surface area contributed by atoms with E-state index in [9.17, 15) is 9.90 Å². The average molecular weight is 326 g/mol. The Kier molecular flexibility index (Phi) is 3.84. The number of fused-ring (bicyclic) bond motifs is 1. The molecule has 2 aliphatic rings. The van der Waals surface area contributed by atoms with Crippen LogP contribution in [0.2, 0.25) is 0 Å². The van der Waals surface area contributed by atoms with Crippen molar-refractivity contribution in [2.75, 3.05) is 13.1 Å². The molecule has 0 saturated carbocycles. The van der Waals surface area contributed by atoms with E-state index in [0.717, 1.165) is 18.4 Å². The third-order valence-corrected chi connectivity index (χ3v) is 5.08. The number of carbonyl (C=O) groups is 1. The first kappa shape index (κ1) is 15.3. The molecule has 2 heterocycles. The summed E-state index contributed by atoms with van der Waals surface area (Å²) in [5.74, 6) is 0.0930. The number of aliphatic hydroxyl groups is 1. The zero-order valence-corrected chi connectivity index (χ0v) is 13.9. The fourth-order valence-electron chi connectivity index (χ4n) is 3.50. The second-order valence-electron chi connectivity index (χ2n) is 6.85. The van der Waals surface area contributed by atoms with Gasteiger partial charge in [-0.1, -0.05) is 11.3 Å². The Morgan fingerprint density at radius 3 is 2.71 bits per heavy atom. The van der Waals surface area contributed by atoms with Crippen molar-refractivity contribution in [1.82, 2.24) is 19.9 Å². The van der Waals surface area contributed by atoms with Crippen LogP contribution in [-0.4, -0.2) is 44.0 Å². The highest BCUT2D eigenvalue weighted by Gasteiger charge is 2.33. The lowest BCUT2D eigenvalue weighted by atomic mass is 9.90. The molecule has 24 heavy (non-hydrogen) atoms. The Morgan fingerprint density at radius 2 is 2.00 bits per heavy atom. The molecule has 1 saturated heterocycles. The fourth-order valence-corrected chi connectivity index (χ4v) is 3.50. The molecule has 0 unspecified atom stereocenters. The van der Waals surface area contributed by atoms with Crippen LogP contribution in [0.4, 0.5) is 0 Å². The largest absolute Gasteiger partial charge is 0.387 e. The van der Waals surface area contributed by atoms with Crippen molar-refractivity contribution in [3.05, 3.63) is 46.8 Å². The molecular weight excluding hydrogens is 304 g/mol. The van der Waals surface area contributed by atoms with Gasteiger partial charge in [0.15, 0.2) is 0 Å². The minimum atomic E-state index is -0.618. The van der Waals surface area contributed by atoms with Crippen LogP contribution >= 0.6 is 0 Å². The van der Waals surface area contributed by atoms with Crippen LogP contribution in [0.15, 0.2) is 24.4 Å². The molecule has 1 N–H and O–H groups in total. The number of carbonyl (C=O) groups excluding carboxylic acids is 1. The summed E-state index contributed by atoms with van der Waals surface area (Å²) in [5, 5.41) is 17.5. The predicted octanol–water partition coefficient (Wildman–Crippen LogP) is 1.91. The fraction of sp³-hybridized carbons (Fsp3) is 0.500. The van der Waals surface area contributed by atoms with E-state index in [1.165, 1.54) is 24.0 Å². The topological polar surface area (TPSA) is 71.2 Å². The molecule has 1 aliphatic carbocycles. The number of rotatable bonds is 3. The third-order valence-electron chi connectivity index (χ3n) is 5.08. The number of hydrogen-bond donors (Lipinski definition) is 1. The van der Waals surface area contributed by atoms with E-state index in [0.29, 0.717) is 18.8 Å². The highest BCUT2D eigenvalue weighted by molar-refractivity contribution is 5.95. The predicted molar refractivity (Wildman–Crippen MR) is 88.7 cm³/mol. The molecule has 6 nitrogen and oxygen atoms in total. The molecule has 1 aromatic carbocycles. The van der Waals surface area contributed by atoms with Crippen LogP contribution in [0.25, 0.3) is 0 Å². The molecule has 1 aromatic heterocycles. The van der Waals surface area contributed by atoms with Gasteiger partial charge < -0.3 is 10.0 Å². The Hall–Kier alpha value is -2.21. The number of aliphatic hydroxyl groups excluding tert-OH is 1. The van der Waals surface area contributed by atoms with Crippen molar-refractivity contribution in [2.24, 2.45) is 0 Å². The minimum absolute atomic E-state index is 0.0930. The second kappa shape index (κ2) is 6.02. The molecule has 0 spiro atoms. The van der Waals surface area contributed by atoms with Gasteiger partial charge in [-0.2, -0.15) is 0 Å². The molecule has 126 valence electrons. The van der Waals surface area contributed by atoms with E-state index in [2.05, 4.69) is 22.4 Å². The number of benzene rings is 1. The summed E-state index contributed by atoms with van der Waals surface area (Å²) in [7, 11) is 0. The summed E-state index contributed by atoms with van der Waals surface area (Å²) in [6.07, 6.45) is 5.82. The van der Waals surface area contributed by atoms with Gasteiger partial charge >= 0.3 is 0 Å². The van der Waals surface area contributed by atoms with E-state index in [4.69, 9.17) is 0 Å². The Labute approximate surface area is 141 Å². The Bertz CT molecular complexity index is 762. The van der Waals surface area contributed by atoms with Crippen LogP contribution in [0.3, 0.4) is 0 Å². The highest BCUT2D eigenvalue weighted by Crippen LogP contribution is 2.26. The maximum atomic E-state index is 12.6. The summed E-state index contributed by atoms with van der Waals surface area (Å²) in [6.45, 7) is 2.94. The van der Waals surface area contributed by atoms with E-state index in [1.54, 1.807) is 17.8 Å². The van der Waals surface area contributed by atoms with Crippen LogP contribution in [0.5, 0.6) is 0 Å². The molecule has 6 heteroatoms. The first-order chi connectivity index (χ1) is 11.6. The van der Waals surface area contributed by atoms with Crippen molar-refractivity contribution in [3.8, 4) is 0 Å². The van der Waals surface area contributed by atoms with Crippen LogP contribution in [0.1, 0.15) is 59.1 Å². The molecule has 2 aromatic rings. The van der Waals surface area contributed by atoms with Crippen molar-refractivity contribution >= 4 is 5.91 Å². The normalized spacial score (nSPS) is 18.8. The van der Waals surface area contributed by atoms with Gasteiger partial charge in [-0.3, -0.25) is 4.79 Å². The van der Waals surface area contributed by atoms with Crippen LogP contribution in [-0.2, 0) is 12.8 Å². The summed E-state index contributed by atoms with van der Waals surface area (Å²) in [6, 6.07) is 6.30. The van der Waals surface area contributed by atoms with Gasteiger partial charge in [-0.05, 0) is 55.9 Å². The van der Waals surface area contributed by atoms with Gasteiger partial charge in [0.25, 0.3) is 5.91 Å². The number of nitrogens with zero attached hydrogens (tertiary/aromatic N) is 4. The molecule has 0 radical (unpaired) electrons. The molecule has 1 fully saturated rings.